The Labute approximate surface area is 125 Å². The number of urea groups is 1. The molecule has 0 aliphatic heterocycles. The van der Waals surface area contributed by atoms with Crippen molar-refractivity contribution >= 4 is 6.03 Å². The van der Waals surface area contributed by atoms with Crippen molar-refractivity contribution in [1.29, 1.82) is 0 Å². The molecule has 0 aromatic heterocycles. The first-order valence-electron chi connectivity index (χ1n) is 6.77. The van der Waals surface area contributed by atoms with Crippen LogP contribution in [-0.4, -0.2) is 44.2 Å². The maximum atomic E-state index is 13.3. The number of hydrogen-bond donors (Lipinski definition) is 2. The zero-order chi connectivity index (χ0) is 16.0. The molecule has 21 heavy (non-hydrogen) atoms. The minimum absolute atomic E-state index is 0.139. The molecule has 6 heteroatoms. The van der Waals surface area contributed by atoms with E-state index in [9.17, 15) is 9.18 Å². The predicted molar refractivity (Wildman–Crippen MR) is 81.0 cm³/mol. The van der Waals surface area contributed by atoms with Crippen LogP contribution in [0.3, 0.4) is 0 Å². The third-order valence-corrected chi connectivity index (χ3v) is 3.51. The highest BCUT2D eigenvalue weighted by molar-refractivity contribution is 5.73. The van der Waals surface area contributed by atoms with Crippen LogP contribution in [0.2, 0.25) is 0 Å². The van der Waals surface area contributed by atoms with Gasteiger partial charge in [0, 0.05) is 24.7 Å². The molecule has 118 valence electrons. The van der Waals surface area contributed by atoms with Gasteiger partial charge in [0.25, 0.3) is 0 Å². The lowest BCUT2D eigenvalue weighted by Gasteiger charge is -2.32. The van der Waals surface area contributed by atoms with Crippen molar-refractivity contribution in [1.82, 2.24) is 15.5 Å². The molecule has 1 aromatic carbocycles. The van der Waals surface area contributed by atoms with Gasteiger partial charge in [-0.3, -0.25) is 0 Å². The molecule has 0 saturated heterocycles. The second-order valence-corrected chi connectivity index (χ2v) is 5.74. The largest absolute Gasteiger partial charge is 0.497 e. The summed E-state index contributed by atoms with van der Waals surface area (Å²) in [6.07, 6.45) is 0. The summed E-state index contributed by atoms with van der Waals surface area (Å²) in [4.78, 5) is 13.8. The van der Waals surface area contributed by atoms with Crippen molar-refractivity contribution in [3.05, 3.63) is 29.6 Å². The van der Waals surface area contributed by atoms with Crippen LogP contribution in [-0.2, 0) is 6.54 Å². The van der Waals surface area contributed by atoms with Crippen molar-refractivity contribution in [2.75, 3.05) is 27.7 Å². The van der Waals surface area contributed by atoms with Gasteiger partial charge in [-0.1, -0.05) is 0 Å². The molecule has 0 bridgehead atoms. The predicted octanol–water partition coefficient (Wildman–Crippen LogP) is 1.97. The maximum absolute atomic E-state index is 13.3. The summed E-state index contributed by atoms with van der Waals surface area (Å²) in [6, 6.07) is 4.07. The molecule has 2 N–H and O–H groups in total. The molecule has 0 atom stereocenters. The summed E-state index contributed by atoms with van der Waals surface area (Å²) in [5.74, 6) is 0.0428. The van der Waals surface area contributed by atoms with Gasteiger partial charge in [0.15, 0.2) is 0 Å². The summed E-state index contributed by atoms with van der Waals surface area (Å²) >= 11 is 0. The number of carbonyl (C=O) groups excluding carboxylic acids is 1. The van der Waals surface area contributed by atoms with Gasteiger partial charge in [-0.2, -0.15) is 0 Å². The standard InChI is InChI=1S/C15H24FN3O2/c1-15(2,19(3)4)10-18-14(20)17-9-11-6-12(16)8-13(7-11)21-5/h6-8H,9-10H2,1-5H3,(H2,17,18,20). The first-order valence-corrected chi connectivity index (χ1v) is 6.77. The monoisotopic (exact) mass is 297 g/mol. The summed E-state index contributed by atoms with van der Waals surface area (Å²) < 4.78 is 18.3. The number of nitrogens with zero attached hydrogens (tertiary/aromatic N) is 1. The first-order chi connectivity index (χ1) is 9.74. The highest BCUT2D eigenvalue weighted by Gasteiger charge is 2.20. The van der Waals surface area contributed by atoms with Crippen molar-refractivity contribution < 1.29 is 13.9 Å². The number of rotatable bonds is 6. The third-order valence-electron chi connectivity index (χ3n) is 3.51. The van der Waals surface area contributed by atoms with Crippen LogP contribution < -0.4 is 15.4 Å². The molecular weight excluding hydrogens is 273 g/mol. The number of likely N-dealkylation sites (N-methyl/N-ethyl adjacent to an activating group) is 1. The van der Waals surface area contributed by atoms with Gasteiger partial charge in [-0.05, 0) is 45.6 Å². The Bertz CT molecular complexity index is 490. The molecule has 0 spiro atoms. The van der Waals surface area contributed by atoms with E-state index < -0.39 is 0 Å². The average molecular weight is 297 g/mol. The fourth-order valence-electron chi connectivity index (χ4n) is 1.54. The van der Waals surface area contributed by atoms with Crippen molar-refractivity contribution in [2.45, 2.75) is 25.9 Å². The van der Waals surface area contributed by atoms with Crippen LogP contribution in [0.4, 0.5) is 9.18 Å². The average Bonchev–Trinajstić information content (AvgIpc) is 2.42. The van der Waals surface area contributed by atoms with Gasteiger partial charge < -0.3 is 20.3 Å². The Morgan fingerprint density at radius 2 is 1.95 bits per heavy atom. The van der Waals surface area contributed by atoms with Crippen LogP contribution in [0.1, 0.15) is 19.4 Å². The molecular formula is C15H24FN3O2. The van der Waals surface area contributed by atoms with E-state index >= 15 is 0 Å². The van der Waals surface area contributed by atoms with Crippen molar-refractivity contribution in [3.8, 4) is 5.75 Å². The molecule has 1 aromatic rings. The molecule has 1 rings (SSSR count). The SMILES string of the molecule is COc1cc(F)cc(CNC(=O)NCC(C)(C)N(C)C)c1. The van der Waals surface area contributed by atoms with Crippen LogP contribution in [0.5, 0.6) is 5.75 Å². The lowest BCUT2D eigenvalue weighted by atomic mass is 10.1. The molecule has 0 saturated carbocycles. The number of carbonyl (C=O) groups is 1. The Hall–Kier alpha value is -1.82. The number of hydrogen-bond acceptors (Lipinski definition) is 3. The van der Waals surface area contributed by atoms with Crippen LogP contribution >= 0.6 is 0 Å². The lowest BCUT2D eigenvalue weighted by Crippen LogP contribution is -2.50. The highest BCUT2D eigenvalue weighted by Crippen LogP contribution is 2.15. The summed E-state index contributed by atoms with van der Waals surface area (Å²) in [5, 5.41) is 5.50. The third kappa shape index (κ3) is 5.59. The van der Waals surface area contributed by atoms with Crippen molar-refractivity contribution in [3.63, 3.8) is 0 Å². The number of ether oxygens (including phenoxy) is 1. The van der Waals surface area contributed by atoms with Crippen LogP contribution in [0, 0.1) is 5.82 Å². The second kappa shape index (κ2) is 7.26. The molecule has 0 radical (unpaired) electrons. The van der Waals surface area contributed by atoms with Gasteiger partial charge in [0.2, 0.25) is 0 Å². The van der Waals surface area contributed by atoms with E-state index in [4.69, 9.17) is 4.74 Å². The van der Waals surface area contributed by atoms with E-state index in [0.717, 1.165) is 0 Å². The zero-order valence-corrected chi connectivity index (χ0v) is 13.3. The van der Waals surface area contributed by atoms with E-state index in [1.54, 1.807) is 6.07 Å². The number of halogens is 1. The smallest absolute Gasteiger partial charge is 0.315 e. The first kappa shape index (κ1) is 17.2. The normalized spacial score (nSPS) is 11.4. The Balaban J connectivity index is 2.48. The highest BCUT2D eigenvalue weighted by atomic mass is 19.1. The van der Waals surface area contributed by atoms with Gasteiger partial charge in [0.1, 0.15) is 11.6 Å². The number of benzene rings is 1. The minimum Gasteiger partial charge on any atom is -0.497 e. The minimum atomic E-state index is -0.389. The summed E-state index contributed by atoms with van der Waals surface area (Å²) in [5.41, 5.74) is 0.508. The fraction of sp³-hybridized carbons (Fsp3) is 0.533. The molecule has 0 unspecified atom stereocenters. The van der Waals surface area contributed by atoms with E-state index in [0.29, 0.717) is 17.9 Å². The Morgan fingerprint density at radius 3 is 2.52 bits per heavy atom. The van der Waals surface area contributed by atoms with E-state index in [-0.39, 0.29) is 23.9 Å². The molecule has 0 heterocycles. The van der Waals surface area contributed by atoms with Gasteiger partial charge in [-0.25, -0.2) is 9.18 Å². The molecule has 2 amide bonds. The second-order valence-electron chi connectivity index (χ2n) is 5.74. The number of amides is 2. The molecule has 5 nitrogen and oxygen atoms in total. The fourth-order valence-corrected chi connectivity index (χ4v) is 1.54. The lowest BCUT2D eigenvalue weighted by molar-refractivity contribution is 0.186. The summed E-state index contributed by atoms with van der Waals surface area (Å²) in [6.45, 7) is 4.82. The number of methoxy groups -OCH3 is 1. The Morgan fingerprint density at radius 1 is 1.29 bits per heavy atom. The molecule has 0 aliphatic carbocycles. The number of nitrogens with one attached hydrogen (secondary N) is 2. The zero-order valence-electron chi connectivity index (χ0n) is 13.3. The van der Waals surface area contributed by atoms with Gasteiger partial charge in [-0.15, -0.1) is 0 Å². The quantitative estimate of drug-likeness (QED) is 0.844. The van der Waals surface area contributed by atoms with Gasteiger partial charge in [0.05, 0.1) is 7.11 Å². The molecule has 0 fully saturated rings. The Kier molecular flexibility index (Phi) is 5.96. The maximum Gasteiger partial charge on any atom is 0.315 e. The van der Waals surface area contributed by atoms with E-state index in [1.165, 1.54) is 19.2 Å². The van der Waals surface area contributed by atoms with Gasteiger partial charge >= 0.3 is 6.03 Å². The summed E-state index contributed by atoms with van der Waals surface area (Å²) in [7, 11) is 5.39. The topological polar surface area (TPSA) is 53.6 Å². The molecule has 0 aliphatic rings. The van der Waals surface area contributed by atoms with E-state index in [1.807, 2.05) is 32.8 Å². The van der Waals surface area contributed by atoms with Crippen LogP contribution in [0.25, 0.3) is 0 Å². The van der Waals surface area contributed by atoms with E-state index in [2.05, 4.69) is 10.6 Å². The van der Waals surface area contributed by atoms with Crippen LogP contribution in [0.15, 0.2) is 18.2 Å². The van der Waals surface area contributed by atoms with Crippen molar-refractivity contribution in [2.24, 2.45) is 0 Å².